The van der Waals surface area contributed by atoms with Gasteiger partial charge >= 0.3 is 0 Å². The van der Waals surface area contributed by atoms with Crippen LogP contribution in [0.15, 0.2) is 18.2 Å². The zero-order valence-corrected chi connectivity index (χ0v) is 14.0. The number of likely N-dealkylation sites (N-methyl/N-ethyl adjacent to an activating group) is 1. The van der Waals surface area contributed by atoms with Crippen LogP contribution in [0.4, 0.5) is 0 Å². The van der Waals surface area contributed by atoms with Crippen molar-refractivity contribution >= 4 is 23.2 Å². The fourth-order valence-corrected chi connectivity index (χ4v) is 3.93. The highest BCUT2D eigenvalue weighted by Crippen LogP contribution is 2.36. The third-order valence-corrected chi connectivity index (χ3v) is 5.24. The molecule has 1 N–H and O–H groups in total. The smallest absolute Gasteiger partial charge is 0.0453 e. The molecule has 0 heterocycles. The quantitative estimate of drug-likeness (QED) is 0.747. The van der Waals surface area contributed by atoms with Crippen LogP contribution in [-0.4, -0.2) is 12.6 Å². The van der Waals surface area contributed by atoms with Crippen molar-refractivity contribution < 1.29 is 0 Å². The monoisotopic (exact) mass is 313 g/mol. The van der Waals surface area contributed by atoms with E-state index >= 15 is 0 Å². The average Bonchev–Trinajstić information content (AvgIpc) is 2.90. The van der Waals surface area contributed by atoms with Crippen molar-refractivity contribution in [1.82, 2.24) is 5.32 Å². The minimum Gasteiger partial charge on any atom is -0.314 e. The van der Waals surface area contributed by atoms with E-state index in [9.17, 15) is 0 Å². The molecule has 2 rings (SSSR count). The molecule has 3 unspecified atom stereocenters. The summed E-state index contributed by atoms with van der Waals surface area (Å²) >= 11 is 12.3. The topological polar surface area (TPSA) is 12.0 Å². The molecule has 1 fully saturated rings. The fourth-order valence-electron chi connectivity index (χ4n) is 3.44. The molecule has 1 aromatic carbocycles. The van der Waals surface area contributed by atoms with Gasteiger partial charge in [0, 0.05) is 16.1 Å². The summed E-state index contributed by atoms with van der Waals surface area (Å²) in [6, 6.07) is 6.40. The molecule has 0 saturated heterocycles. The molecular formula is C17H25Cl2N. The first-order chi connectivity index (χ1) is 9.63. The molecule has 1 aliphatic carbocycles. The summed E-state index contributed by atoms with van der Waals surface area (Å²) in [5.41, 5.74) is 1.21. The SMILES string of the molecule is CCNC(Cc1ccc(Cl)cc1Cl)C1CCC(CC)C1. The second-order valence-corrected chi connectivity index (χ2v) is 6.80. The van der Waals surface area contributed by atoms with Crippen LogP contribution in [-0.2, 0) is 6.42 Å². The standard InChI is InChI=1S/C17H25Cl2N/c1-3-12-5-6-14(9-12)17(20-4-2)10-13-7-8-15(18)11-16(13)19/h7-8,11-12,14,17,20H,3-6,9-10H2,1-2H3. The Hall–Kier alpha value is -0.240. The molecular weight excluding hydrogens is 289 g/mol. The fraction of sp³-hybridized carbons (Fsp3) is 0.647. The van der Waals surface area contributed by atoms with Crippen LogP contribution < -0.4 is 5.32 Å². The van der Waals surface area contributed by atoms with Gasteiger partial charge in [-0.3, -0.25) is 0 Å². The molecule has 3 heteroatoms. The Kier molecular flexibility index (Phi) is 6.20. The van der Waals surface area contributed by atoms with Gasteiger partial charge in [0.05, 0.1) is 0 Å². The van der Waals surface area contributed by atoms with Gasteiger partial charge in [-0.05, 0) is 55.3 Å². The van der Waals surface area contributed by atoms with Crippen molar-refractivity contribution in [3.05, 3.63) is 33.8 Å². The molecule has 0 aromatic heterocycles. The molecule has 0 aliphatic heterocycles. The van der Waals surface area contributed by atoms with Crippen molar-refractivity contribution in [3.63, 3.8) is 0 Å². The molecule has 112 valence electrons. The Morgan fingerprint density at radius 2 is 2.05 bits per heavy atom. The first kappa shape index (κ1) is 16.1. The van der Waals surface area contributed by atoms with Gasteiger partial charge in [0.15, 0.2) is 0 Å². The van der Waals surface area contributed by atoms with Crippen LogP contribution in [0.25, 0.3) is 0 Å². The van der Waals surface area contributed by atoms with E-state index < -0.39 is 0 Å². The van der Waals surface area contributed by atoms with E-state index in [4.69, 9.17) is 23.2 Å². The number of rotatable bonds is 6. The van der Waals surface area contributed by atoms with Gasteiger partial charge in [-0.25, -0.2) is 0 Å². The normalized spacial score (nSPS) is 24.0. The maximum Gasteiger partial charge on any atom is 0.0453 e. The van der Waals surface area contributed by atoms with Crippen molar-refractivity contribution in [3.8, 4) is 0 Å². The summed E-state index contributed by atoms with van der Waals surface area (Å²) in [5, 5.41) is 5.18. The first-order valence-electron chi connectivity index (χ1n) is 7.81. The highest BCUT2D eigenvalue weighted by molar-refractivity contribution is 6.35. The van der Waals surface area contributed by atoms with Crippen LogP contribution in [0.1, 0.15) is 45.1 Å². The largest absolute Gasteiger partial charge is 0.314 e. The van der Waals surface area contributed by atoms with Gasteiger partial charge in [0.1, 0.15) is 0 Å². The Bertz CT molecular complexity index is 433. The molecule has 1 aliphatic rings. The van der Waals surface area contributed by atoms with Gasteiger partial charge in [0.25, 0.3) is 0 Å². The van der Waals surface area contributed by atoms with Crippen molar-refractivity contribution in [1.29, 1.82) is 0 Å². The van der Waals surface area contributed by atoms with E-state index in [0.717, 1.165) is 29.8 Å². The Morgan fingerprint density at radius 1 is 1.25 bits per heavy atom. The second-order valence-electron chi connectivity index (χ2n) is 5.95. The van der Waals surface area contributed by atoms with E-state index in [2.05, 4.69) is 25.2 Å². The number of hydrogen-bond acceptors (Lipinski definition) is 1. The Morgan fingerprint density at radius 3 is 2.65 bits per heavy atom. The molecule has 0 radical (unpaired) electrons. The number of nitrogens with one attached hydrogen (secondary N) is 1. The highest BCUT2D eigenvalue weighted by Gasteiger charge is 2.29. The Balaban J connectivity index is 2.05. The number of benzene rings is 1. The molecule has 3 atom stereocenters. The Labute approximate surface area is 133 Å². The third kappa shape index (κ3) is 4.13. The van der Waals surface area contributed by atoms with Gasteiger partial charge in [-0.1, -0.05) is 56.0 Å². The molecule has 1 aromatic rings. The summed E-state index contributed by atoms with van der Waals surface area (Å²) in [4.78, 5) is 0. The highest BCUT2D eigenvalue weighted by atomic mass is 35.5. The molecule has 20 heavy (non-hydrogen) atoms. The predicted molar refractivity (Wildman–Crippen MR) is 88.8 cm³/mol. The summed E-state index contributed by atoms with van der Waals surface area (Å²) in [6.45, 7) is 5.51. The van der Waals surface area contributed by atoms with E-state index in [1.165, 1.54) is 31.2 Å². The van der Waals surface area contributed by atoms with Crippen molar-refractivity contribution in [2.45, 2.75) is 52.0 Å². The first-order valence-corrected chi connectivity index (χ1v) is 8.56. The summed E-state index contributed by atoms with van der Waals surface area (Å²) < 4.78 is 0. The maximum absolute atomic E-state index is 6.32. The number of halogens is 2. The minimum atomic E-state index is 0.537. The van der Waals surface area contributed by atoms with Crippen LogP contribution in [0.2, 0.25) is 10.0 Å². The molecule has 1 saturated carbocycles. The van der Waals surface area contributed by atoms with Crippen LogP contribution in [0.3, 0.4) is 0 Å². The second kappa shape index (κ2) is 7.68. The molecule has 0 spiro atoms. The van der Waals surface area contributed by atoms with Gasteiger partial charge in [-0.2, -0.15) is 0 Å². The van der Waals surface area contributed by atoms with Crippen LogP contribution in [0, 0.1) is 11.8 Å². The summed E-state index contributed by atoms with van der Waals surface area (Å²) in [5.74, 6) is 1.70. The number of hydrogen-bond donors (Lipinski definition) is 1. The van der Waals surface area contributed by atoms with Gasteiger partial charge in [0.2, 0.25) is 0 Å². The van der Waals surface area contributed by atoms with E-state index in [1.807, 2.05) is 12.1 Å². The van der Waals surface area contributed by atoms with Crippen molar-refractivity contribution in [2.24, 2.45) is 11.8 Å². The molecule has 0 bridgehead atoms. The maximum atomic E-state index is 6.32. The van der Waals surface area contributed by atoms with Crippen LogP contribution in [0.5, 0.6) is 0 Å². The lowest BCUT2D eigenvalue weighted by Crippen LogP contribution is -2.37. The zero-order valence-electron chi connectivity index (χ0n) is 12.5. The molecule has 0 amide bonds. The lowest BCUT2D eigenvalue weighted by molar-refractivity contribution is 0.349. The average molecular weight is 314 g/mol. The minimum absolute atomic E-state index is 0.537. The molecule has 1 nitrogen and oxygen atoms in total. The van der Waals surface area contributed by atoms with Crippen molar-refractivity contribution in [2.75, 3.05) is 6.54 Å². The zero-order chi connectivity index (χ0) is 14.5. The van der Waals surface area contributed by atoms with E-state index in [0.29, 0.717) is 11.1 Å². The lowest BCUT2D eigenvalue weighted by atomic mass is 9.91. The van der Waals surface area contributed by atoms with Crippen LogP contribution >= 0.6 is 23.2 Å². The third-order valence-electron chi connectivity index (χ3n) is 4.65. The summed E-state index contributed by atoms with van der Waals surface area (Å²) in [7, 11) is 0. The van der Waals surface area contributed by atoms with E-state index in [-0.39, 0.29) is 0 Å². The van der Waals surface area contributed by atoms with E-state index in [1.54, 1.807) is 0 Å². The summed E-state index contributed by atoms with van der Waals surface area (Å²) in [6.07, 6.45) is 6.42. The van der Waals surface area contributed by atoms with Gasteiger partial charge < -0.3 is 5.32 Å². The predicted octanol–water partition coefficient (Wildman–Crippen LogP) is 5.34. The lowest BCUT2D eigenvalue weighted by Gasteiger charge is -2.25. The van der Waals surface area contributed by atoms with Gasteiger partial charge in [-0.15, -0.1) is 0 Å².